The van der Waals surface area contributed by atoms with Gasteiger partial charge in [-0.25, -0.2) is 4.39 Å². The molecule has 2 aromatic carbocycles. The number of halogens is 1. The third-order valence-electron chi connectivity index (χ3n) is 5.87. The van der Waals surface area contributed by atoms with Crippen molar-refractivity contribution in [3.63, 3.8) is 0 Å². The zero-order valence-electron chi connectivity index (χ0n) is 19.2. The Labute approximate surface area is 202 Å². The van der Waals surface area contributed by atoms with Crippen molar-refractivity contribution in [1.82, 2.24) is 15.2 Å². The molecule has 1 aromatic heterocycles. The number of thiocarbonyl (C=S) groups is 1. The molecule has 7 nitrogen and oxygen atoms in total. The third-order valence-corrected chi connectivity index (χ3v) is 6.27. The monoisotopic (exact) mass is 485 g/mol. The molecule has 0 saturated carbocycles. The van der Waals surface area contributed by atoms with Gasteiger partial charge < -0.3 is 29.4 Å². The largest absolute Gasteiger partial charge is 0.493 e. The van der Waals surface area contributed by atoms with E-state index < -0.39 is 0 Å². The van der Waals surface area contributed by atoms with E-state index >= 15 is 0 Å². The molecule has 0 amide bonds. The van der Waals surface area contributed by atoms with Gasteiger partial charge in [-0.05, 0) is 54.9 Å². The molecular formula is C25H28FN3O4S. The predicted octanol–water partition coefficient (Wildman–Crippen LogP) is 3.74. The first kappa shape index (κ1) is 24.0. The van der Waals surface area contributed by atoms with Gasteiger partial charge in [0.25, 0.3) is 5.56 Å². The van der Waals surface area contributed by atoms with Crippen molar-refractivity contribution in [2.24, 2.45) is 0 Å². The predicted molar refractivity (Wildman–Crippen MR) is 133 cm³/mol. The van der Waals surface area contributed by atoms with Gasteiger partial charge >= 0.3 is 0 Å². The molecule has 0 spiro atoms. The molecule has 1 fully saturated rings. The Balaban J connectivity index is 1.60. The van der Waals surface area contributed by atoms with Gasteiger partial charge in [-0.15, -0.1) is 0 Å². The highest BCUT2D eigenvalue weighted by Crippen LogP contribution is 2.31. The highest BCUT2D eigenvalue weighted by atomic mass is 32.1. The zero-order valence-corrected chi connectivity index (χ0v) is 20.0. The summed E-state index contributed by atoms with van der Waals surface area (Å²) in [4.78, 5) is 17.7. The normalized spacial score (nSPS) is 15.3. The number of nitrogens with zero attached hydrogens (tertiary/aromatic N) is 1. The summed E-state index contributed by atoms with van der Waals surface area (Å²) in [5.41, 5.74) is 1.86. The number of ether oxygens (including phenoxy) is 3. The SMILES string of the molecule is COc1cc2cc(CN(Cc3ccc(F)cc3)C(=S)NC[C@H]3CCCO3)c(=O)[nH]c2cc1OC. The van der Waals surface area contributed by atoms with Gasteiger partial charge in [0.05, 0.1) is 32.4 Å². The topological polar surface area (TPSA) is 75.8 Å². The van der Waals surface area contributed by atoms with Gasteiger partial charge in [-0.3, -0.25) is 4.79 Å². The van der Waals surface area contributed by atoms with Crippen LogP contribution in [0.3, 0.4) is 0 Å². The summed E-state index contributed by atoms with van der Waals surface area (Å²) in [6.07, 6.45) is 2.15. The molecule has 34 heavy (non-hydrogen) atoms. The van der Waals surface area contributed by atoms with E-state index in [2.05, 4.69) is 10.3 Å². The van der Waals surface area contributed by atoms with Crippen molar-refractivity contribution in [3.8, 4) is 11.5 Å². The summed E-state index contributed by atoms with van der Waals surface area (Å²) in [7, 11) is 3.12. The minimum atomic E-state index is -0.301. The highest BCUT2D eigenvalue weighted by Gasteiger charge is 2.19. The van der Waals surface area contributed by atoms with Crippen LogP contribution in [0.15, 0.2) is 47.3 Å². The van der Waals surface area contributed by atoms with Crippen LogP contribution in [0.25, 0.3) is 10.9 Å². The lowest BCUT2D eigenvalue weighted by Crippen LogP contribution is -2.42. The second kappa shape index (κ2) is 10.8. The molecule has 2 heterocycles. The standard InChI is InChI=1S/C25H28FN3O4S/c1-31-22-11-17-10-18(24(30)28-21(17)12-23(22)32-2)15-29(14-16-5-7-19(26)8-6-16)25(34)27-13-20-4-3-9-33-20/h5-8,10-12,20H,3-4,9,13-15H2,1-2H3,(H,27,34)(H,28,30)/t20-/m1/s1. The minimum Gasteiger partial charge on any atom is -0.493 e. The summed E-state index contributed by atoms with van der Waals surface area (Å²) in [6, 6.07) is 11.7. The van der Waals surface area contributed by atoms with Gasteiger partial charge in [-0.1, -0.05) is 12.1 Å². The molecule has 0 radical (unpaired) electrons. The average Bonchev–Trinajstić information content (AvgIpc) is 3.36. The number of aromatic amines is 1. The lowest BCUT2D eigenvalue weighted by molar-refractivity contribution is 0.113. The van der Waals surface area contributed by atoms with Crippen LogP contribution >= 0.6 is 12.2 Å². The second-order valence-electron chi connectivity index (χ2n) is 8.22. The van der Waals surface area contributed by atoms with Crippen LogP contribution in [0, 0.1) is 5.82 Å². The number of hydrogen-bond acceptors (Lipinski definition) is 5. The molecular weight excluding hydrogens is 457 g/mol. The lowest BCUT2D eigenvalue weighted by Gasteiger charge is -2.27. The van der Waals surface area contributed by atoms with Crippen LogP contribution in [0.5, 0.6) is 11.5 Å². The Morgan fingerprint density at radius 2 is 1.91 bits per heavy atom. The van der Waals surface area contributed by atoms with E-state index in [1.54, 1.807) is 32.4 Å². The van der Waals surface area contributed by atoms with Gasteiger partial charge in [0.15, 0.2) is 16.6 Å². The molecule has 1 aliphatic rings. The van der Waals surface area contributed by atoms with Crippen molar-refractivity contribution < 1.29 is 18.6 Å². The van der Waals surface area contributed by atoms with E-state index in [0.29, 0.717) is 40.8 Å². The van der Waals surface area contributed by atoms with Crippen LogP contribution in [0.1, 0.15) is 24.0 Å². The zero-order chi connectivity index (χ0) is 24.1. The van der Waals surface area contributed by atoms with Crippen LogP contribution in [0.4, 0.5) is 4.39 Å². The number of methoxy groups -OCH3 is 2. The summed E-state index contributed by atoms with van der Waals surface area (Å²) in [5, 5.41) is 4.59. The van der Waals surface area contributed by atoms with Crippen LogP contribution in [-0.2, 0) is 17.8 Å². The molecule has 1 aliphatic heterocycles. The molecule has 0 aliphatic carbocycles. The third kappa shape index (κ3) is 5.66. The number of hydrogen-bond donors (Lipinski definition) is 2. The second-order valence-corrected chi connectivity index (χ2v) is 8.61. The fourth-order valence-electron chi connectivity index (χ4n) is 4.03. The maximum Gasteiger partial charge on any atom is 0.253 e. The Bertz CT molecular complexity index is 1210. The summed E-state index contributed by atoms with van der Waals surface area (Å²) >= 11 is 5.68. The van der Waals surface area contributed by atoms with Crippen LogP contribution in [0.2, 0.25) is 0 Å². The van der Waals surface area contributed by atoms with Crippen LogP contribution < -0.4 is 20.3 Å². The molecule has 180 valence electrons. The number of fused-ring (bicyclic) bond motifs is 1. The quantitative estimate of drug-likeness (QED) is 0.471. The van der Waals surface area contributed by atoms with E-state index in [1.807, 2.05) is 17.0 Å². The molecule has 0 bridgehead atoms. The number of benzene rings is 2. The first-order chi connectivity index (χ1) is 16.5. The minimum absolute atomic E-state index is 0.122. The summed E-state index contributed by atoms with van der Waals surface area (Å²) < 4.78 is 29.8. The first-order valence-electron chi connectivity index (χ1n) is 11.1. The fourth-order valence-corrected chi connectivity index (χ4v) is 4.24. The highest BCUT2D eigenvalue weighted by molar-refractivity contribution is 7.80. The number of pyridine rings is 1. The molecule has 4 rings (SSSR count). The van der Waals surface area contributed by atoms with Crippen molar-refractivity contribution in [2.75, 3.05) is 27.4 Å². The smallest absolute Gasteiger partial charge is 0.253 e. The van der Waals surface area contributed by atoms with Crippen molar-refractivity contribution in [1.29, 1.82) is 0 Å². The Hall–Kier alpha value is -3.17. The summed E-state index contributed by atoms with van der Waals surface area (Å²) in [5.74, 6) is 0.811. The van der Waals surface area contributed by atoms with Crippen molar-refractivity contribution in [2.45, 2.75) is 32.0 Å². The van der Waals surface area contributed by atoms with Crippen molar-refractivity contribution in [3.05, 3.63) is 69.8 Å². The molecule has 1 atom stereocenters. The van der Waals surface area contributed by atoms with Gasteiger partial charge in [-0.2, -0.15) is 0 Å². The Morgan fingerprint density at radius 1 is 1.18 bits per heavy atom. The average molecular weight is 486 g/mol. The number of nitrogens with one attached hydrogen (secondary N) is 2. The van der Waals surface area contributed by atoms with Gasteiger partial charge in [0.2, 0.25) is 0 Å². The van der Waals surface area contributed by atoms with Crippen molar-refractivity contribution >= 4 is 28.2 Å². The molecule has 2 N–H and O–H groups in total. The van der Waals surface area contributed by atoms with E-state index in [1.165, 1.54) is 12.1 Å². The van der Waals surface area contributed by atoms with Gasteiger partial charge in [0, 0.05) is 36.7 Å². The Morgan fingerprint density at radius 3 is 2.59 bits per heavy atom. The van der Waals surface area contributed by atoms with Crippen LogP contribution in [-0.4, -0.2) is 48.5 Å². The molecule has 0 unspecified atom stereocenters. The first-order valence-corrected chi connectivity index (χ1v) is 11.5. The fraction of sp³-hybridized carbons (Fsp3) is 0.360. The molecule has 3 aromatic rings. The van der Waals surface area contributed by atoms with E-state index in [0.717, 1.165) is 30.4 Å². The van der Waals surface area contributed by atoms with E-state index in [9.17, 15) is 9.18 Å². The summed E-state index contributed by atoms with van der Waals surface area (Å²) in [6.45, 7) is 2.05. The Kier molecular flexibility index (Phi) is 7.64. The number of rotatable bonds is 8. The maximum absolute atomic E-state index is 13.4. The van der Waals surface area contributed by atoms with E-state index in [4.69, 9.17) is 26.4 Å². The molecule has 9 heteroatoms. The number of H-pyrrole nitrogens is 1. The number of aromatic nitrogens is 1. The molecule has 1 saturated heterocycles. The lowest BCUT2D eigenvalue weighted by atomic mass is 10.1. The maximum atomic E-state index is 13.4. The van der Waals surface area contributed by atoms with E-state index in [-0.39, 0.29) is 24.0 Å². The van der Waals surface area contributed by atoms with Gasteiger partial charge in [0.1, 0.15) is 5.82 Å².